The van der Waals surface area contributed by atoms with Gasteiger partial charge in [-0.05, 0) is 24.1 Å². The lowest BCUT2D eigenvalue weighted by Gasteiger charge is -2.06. The van der Waals surface area contributed by atoms with Crippen molar-refractivity contribution in [3.63, 3.8) is 0 Å². The van der Waals surface area contributed by atoms with Gasteiger partial charge in [0, 0.05) is 11.5 Å². The average molecular weight is 282 g/mol. The van der Waals surface area contributed by atoms with Crippen LogP contribution < -0.4 is 5.69 Å². The highest BCUT2D eigenvalue weighted by Gasteiger charge is 2.06. The first-order valence-corrected chi connectivity index (χ1v) is 5.71. The number of aromatic nitrogens is 3. The molecule has 0 aliphatic carbocycles. The second-order valence-corrected chi connectivity index (χ2v) is 4.56. The van der Waals surface area contributed by atoms with E-state index in [0.717, 1.165) is 15.6 Å². The number of aryl methyl sites for hydroxylation is 1. The van der Waals surface area contributed by atoms with E-state index in [0.29, 0.717) is 6.54 Å². The second kappa shape index (κ2) is 4.25. The van der Waals surface area contributed by atoms with Crippen molar-refractivity contribution in [3.8, 4) is 0 Å². The van der Waals surface area contributed by atoms with E-state index in [1.165, 1.54) is 15.6 Å². The molecule has 1 heterocycles. The zero-order valence-corrected chi connectivity index (χ0v) is 10.7. The lowest BCUT2D eigenvalue weighted by Crippen LogP contribution is -2.23. The van der Waals surface area contributed by atoms with E-state index in [4.69, 9.17) is 0 Å². The maximum absolute atomic E-state index is 11.6. The summed E-state index contributed by atoms with van der Waals surface area (Å²) < 4.78 is 3.97. The summed E-state index contributed by atoms with van der Waals surface area (Å²) in [4.78, 5) is 11.6. The van der Waals surface area contributed by atoms with Crippen LogP contribution in [0.2, 0.25) is 0 Å². The van der Waals surface area contributed by atoms with Gasteiger partial charge in [-0.15, -0.1) is 0 Å². The van der Waals surface area contributed by atoms with Crippen molar-refractivity contribution >= 4 is 15.9 Å². The quantitative estimate of drug-likeness (QED) is 0.841. The summed E-state index contributed by atoms with van der Waals surface area (Å²) in [5, 5.41) is 4.03. The van der Waals surface area contributed by atoms with Gasteiger partial charge in [-0.3, -0.25) is 4.57 Å². The molecule has 5 heteroatoms. The van der Waals surface area contributed by atoms with Gasteiger partial charge in [-0.25, -0.2) is 9.48 Å². The Morgan fingerprint density at radius 2 is 2.19 bits per heavy atom. The summed E-state index contributed by atoms with van der Waals surface area (Å²) in [6.45, 7) is 2.53. The van der Waals surface area contributed by atoms with E-state index < -0.39 is 0 Å². The van der Waals surface area contributed by atoms with Crippen LogP contribution in [0.3, 0.4) is 0 Å². The van der Waals surface area contributed by atoms with Gasteiger partial charge in [0.15, 0.2) is 0 Å². The van der Waals surface area contributed by atoms with Crippen LogP contribution in [-0.4, -0.2) is 14.3 Å². The van der Waals surface area contributed by atoms with Gasteiger partial charge in [-0.2, -0.15) is 5.10 Å². The van der Waals surface area contributed by atoms with Crippen LogP contribution in [0.15, 0.2) is 33.8 Å². The van der Waals surface area contributed by atoms with E-state index in [1.54, 1.807) is 7.05 Å². The number of benzene rings is 1. The van der Waals surface area contributed by atoms with Gasteiger partial charge < -0.3 is 0 Å². The average Bonchev–Trinajstić information content (AvgIpc) is 2.57. The Kier molecular flexibility index (Phi) is 2.96. The van der Waals surface area contributed by atoms with E-state index in [9.17, 15) is 4.79 Å². The maximum Gasteiger partial charge on any atom is 0.345 e. The summed E-state index contributed by atoms with van der Waals surface area (Å²) in [5.74, 6) is 0. The first kappa shape index (κ1) is 11.1. The molecule has 0 fully saturated rings. The lowest BCUT2D eigenvalue weighted by atomic mass is 10.1. The standard InChI is InChI=1S/C11H12BrN3O/c1-8-9(4-3-5-10(8)12)6-15-11(16)14(2)7-13-15/h3-5,7H,6H2,1-2H3. The summed E-state index contributed by atoms with van der Waals surface area (Å²) >= 11 is 3.47. The van der Waals surface area contributed by atoms with E-state index >= 15 is 0 Å². The van der Waals surface area contributed by atoms with Gasteiger partial charge in [0.25, 0.3) is 0 Å². The van der Waals surface area contributed by atoms with E-state index in [1.807, 2.05) is 25.1 Å². The summed E-state index contributed by atoms with van der Waals surface area (Å²) in [6, 6.07) is 5.95. The molecule has 84 valence electrons. The molecule has 2 rings (SSSR count). The van der Waals surface area contributed by atoms with Crippen molar-refractivity contribution in [3.05, 3.63) is 50.6 Å². The molecule has 0 saturated heterocycles. The highest BCUT2D eigenvalue weighted by molar-refractivity contribution is 9.10. The Morgan fingerprint density at radius 1 is 1.44 bits per heavy atom. The largest absolute Gasteiger partial charge is 0.345 e. The van der Waals surface area contributed by atoms with Gasteiger partial charge >= 0.3 is 5.69 Å². The zero-order valence-electron chi connectivity index (χ0n) is 9.14. The molecule has 0 radical (unpaired) electrons. The number of rotatable bonds is 2. The molecule has 16 heavy (non-hydrogen) atoms. The molecule has 0 unspecified atom stereocenters. The molecule has 0 atom stereocenters. The first-order valence-electron chi connectivity index (χ1n) is 4.92. The predicted molar refractivity (Wildman–Crippen MR) is 65.4 cm³/mol. The van der Waals surface area contributed by atoms with E-state index in [2.05, 4.69) is 21.0 Å². The molecule has 0 bridgehead atoms. The minimum Gasteiger partial charge on any atom is -0.285 e. The third kappa shape index (κ3) is 1.95. The van der Waals surface area contributed by atoms with Gasteiger partial charge in [0.2, 0.25) is 0 Å². The monoisotopic (exact) mass is 281 g/mol. The Labute approximate surface area is 102 Å². The molecular formula is C11H12BrN3O. The molecule has 0 spiro atoms. The molecule has 1 aromatic heterocycles. The summed E-state index contributed by atoms with van der Waals surface area (Å²) in [5.41, 5.74) is 2.13. The fourth-order valence-corrected chi connectivity index (χ4v) is 1.92. The molecular weight excluding hydrogens is 270 g/mol. The third-order valence-electron chi connectivity index (χ3n) is 2.59. The molecule has 0 N–H and O–H groups in total. The number of halogens is 1. The molecule has 0 amide bonds. The minimum absolute atomic E-state index is 0.0978. The van der Waals surface area contributed by atoms with Crippen LogP contribution in [0.1, 0.15) is 11.1 Å². The van der Waals surface area contributed by atoms with Crippen LogP contribution >= 0.6 is 15.9 Å². The van der Waals surface area contributed by atoms with Crippen molar-refractivity contribution in [2.75, 3.05) is 0 Å². The van der Waals surface area contributed by atoms with Crippen LogP contribution in [-0.2, 0) is 13.6 Å². The number of hydrogen-bond acceptors (Lipinski definition) is 2. The lowest BCUT2D eigenvalue weighted by molar-refractivity contribution is 0.644. The number of nitrogens with zero attached hydrogens (tertiary/aromatic N) is 3. The van der Waals surface area contributed by atoms with E-state index in [-0.39, 0.29) is 5.69 Å². The Balaban J connectivity index is 2.38. The Hall–Kier alpha value is -1.36. The van der Waals surface area contributed by atoms with Gasteiger partial charge in [0.1, 0.15) is 6.33 Å². The van der Waals surface area contributed by atoms with Crippen molar-refractivity contribution in [2.24, 2.45) is 7.05 Å². The normalized spacial score (nSPS) is 10.7. The highest BCUT2D eigenvalue weighted by Crippen LogP contribution is 2.19. The highest BCUT2D eigenvalue weighted by atomic mass is 79.9. The Morgan fingerprint density at radius 3 is 2.81 bits per heavy atom. The Bertz CT molecular complexity index is 571. The topological polar surface area (TPSA) is 39.8 Å². The fraction of sp³-hybridized carbons (Fsp3) is 0.273. The van der Waals surface area contributed by atoms with Crippen LogP contribution in [0.4, 0.5) is 0 Å². The van der Waals surface area contributed by atoms with Gasteiger partial charge in [0.05, 0.1) is 6.54 Å². The second-order valence-electron chi connectivity index (χ2n) is 3.71. The molecule has 0 aliphatic rings. The fourth-order valence-electron chi connectivity index (χ4n) is 1.51. The molecule has 1 aromatic carbocycles. The summed E-state index contributed by atoms with van der Waals surface area (Å²) in [7, 11) is 1.69. The minimum atomic E-state index is -0.0978. The van der Waals surface area contributed by atoms with Crippen molar-refractivity contribution in [1.29, 1.82) is 0 Å². The van der Waals surface area contributed by atoms with Crippen LogP contribution in [0.25, 0.3) is 0 Å². The van der Waals surface area contributed by atoms with Crippen LogP contribution in [0, 0.1) is 6.92 Å². The van der Waals surface area contributed by atoms with Crippen molar-refractivity contribution < 1.29 is 0 Å². The SMILES string of the molecule is Cc1c(Br)cccc1Cn1ncn(C)c1=O. The van der Waals surface area contributed by atoms with Crippen LogP contribution in [0.5, 0.6) is 0 Å². The third-order valence-corrected chi connectivity index (χ3v) is 3.45. The molecule has 4 nitrogen and oxygen atoms in total. The number of hydrogen-bond donors (Lipinski definition) is 0. The summed E-state index contributed by atoms with van der Waals surface area (Å²) in [6.07, 6.45) is 1.52. The zero-order chi connectivity index (χ0) is 11.7. The maximum atomic E-state index is 11.6. The van der Waals surface area contributed by atoms with Crippen molar-refractivity contribution in [1.82, 2.24) is 14.3 Å². The molecule has 0 aliphatic heterocycles. The molecule has 2 aromatic rings. The smallest absolute Gasteiger partial charge is 0.285 e. The van der Waals surface area contributed by atoms with Gasteiger partial charge in [-0.1, -0.05) is 28.1 Å². The molecule has 0 saturated carbocycles. The predicted octanol–water partition coefficient (Wildman–Crippen LogP) is 1.70. The van der Waals surface area contributed by atoms with Crippen molar-refractivity contribution in [2.45, 2.75) is 13.5 Å². The first-order chi connectivity index (χ1) is 7.59.